The topological polar surface area (TPSA) is 110 Å². The number of aryl methyl sites for hydroxylation is 1. The van der Waals surface area contributed by atoms with Crippen molar-refractivity contribution in [2.45, 2.75) is 13.0 Å². The van der Waals surface area contributed by atoms with Crippen molar-refractivity contribution in [2.75, 3.05) is 11.9 Å². The van der Waals surface area contributed by atoms with Crippen LogP contribution in [0.3, 0.4) is 0 Å². The molecule has 2 aromatic rings. The maximum atomic E-state index is 10.6. The Balaban J connectivity index is 1.92. The van der Waals surface area contributed by atoms with Gasteiger partial charge >= 0.3 is 0 Å². The minimum absolute atomic E-state index is 0.165. The highest BCUT2D eigenvalue weighted by Crippen LogP contribution is 2.17. The lowest BCUT2D eigenvalue weighted by molar-refractivity contribution is -0.385. The molecule has 0 aliphatic rings. The first-order chi connectivity index (χ1) is 9.70. The van der Waals surface area contributed by atoms with Crippen LogP contribution in [0.2, 0.25) is 0 Å². The molecule has 2 heterocycles. The van der Waals surface area contributed by atoms with Gasteiger partial charge in [0.1, 0.15) is 23.6 Å². The third-order valence-electron chi connectivity index (χ3n) is 2.62. The Morgan fingerprint density at radius 2 is 2.40 bits per heavy atom. The Bertz CT molecular complexity index is 632. The van der Waals surface area contributed by atoms with Crippen LogP contribution in [0, 0.1) is 21.4 Å². The lowest BCUT2D eigenvalue weighted by Crippen LogP contribution is -2.09. The maximum absolute atomic E-state index is 10.6. The van der Waals surface area contributed by atoms with Crippen LogP contribution in [0.15, 0.2) is 30.7 Å². The molecule has 0 spiro atoms. The molecule has 8 nitrogen and oxygen atoms in total. The molecule has 0 aliphatic carbocycles. The van der Waals surface area contributed by atoms with Crippen molar-refractivity contribution in [2.24, 2.45) is 0 Å². The van der Waals surface area contributed by atoms with Gasteiger partial charge in [-0.2, -0.15) is 10.4 Å². The average molecular weight is 272 g/mol. The second-order valence-corrected chi connectivity index (χ2v) is 4.01. The third kappa shape index (κ3) is 3.29. The fraction of sp³-hybridized carbons (Fsp3) is 0.250. The van der Waals surface area contributed by atoms with Crippen LogP contribution in [-0.4, -0.2) is 26.2 Å². The summed E-state index contributed by atoms with van der Waals surface area (Å²) in [5, 5.41) is 26.6. The molecular weight excluding hydrogens is 260 g/mol. The monoisotopic (exact) mass is 272 g/mol. The van der Waals surface area contributed by atoms with Crippen molar-refractivity contribution >= 4 is 11.5 Å². The van der Waals surface area contributed by atoms with Crippen molar-refractivity contribution in [3.63, 3.8) is 0 Å². The Labute approximate surface area is 114 Å². The molecule has 0 fully saturated rings. The van der Waals surface area contributed by atoms with Crippen LogP contribution < -0.4 is 5.32 Å². The molecule has 0 aromatic carbocycles. The molecule has 0 bridgehead atoms. The van der Waals surface area contributed by atoms with E-state index in [1.807, 2.05) is 18.3 Å². The van der Waals surface area contributed by atoms with Crippen molar-refractivity contribution in [3.05, 3.63) is 46.4 Å². The smallest absolute Gasteiger partial charge is 0.289 e. The van der Waals surface area contributed by atoms with Gasteiger partial charge in [0, 0.05) is 31.5 Å². The normalized spacial score (nSPS) is 9.95. The first kappa shape index (κ1) is 13.5. The zero-order valence-corrected chi connectivity index (χ0v) is 10.6. The summed E-state index contributed by atoms with van der Waals surface area (Å²) >= 11 is 0. The molecule has 0 atom stereocenters. The minimum Gasteiger partial charge on any atom is -0.369 e. The minimum atomic E-state index is -0.574. The number of nitro groups is 1. The van der Waals surface area contributed by atoms with E-state index in [1.165, 1.54) is 6.07 Å². The maximum Gasteiger partial charge on any atom is 0.289 e. The van der Waals surface area contributed by atoms with Gasteiger partial charge in [0.25, 0.3) is 5.69 Å². The van der Waals surface area contributed by atoms with Gasteiger partial charge in [-0.1, -0.05) is 0 Å². The molecule has 0 unspecified atom stereocenters. The van der Waals surface area contributed by atoms with E-state index in [0.29, 0.717) is 12.4 Å². The zero-order chi connectivity index (χ0) is 14.4. The number of aromatic nitrogens is 3. The first-order valence-electron chi connectivity index (χ1n) is 5.96. The standard InChI is InChI=1S/C12H12N6O2/c13-8-10-7-11(18(19)20)9-15-12(10)14-3-1-5-17-6-2-4-16-17/h2,4,6-7,9H,1,3,5H2,(H,14,15). The summed E-state index contributed by atoms with van der Waals surface area (Å²) in [5.41, 5.74) is -0.0260. The molecule has 0 radical (unpaired) electrons. The van der Waals surface area contributed by atoms with Crippen LogP contribution in [0.4, 0.5) is 11.5 Å². The molecule has 102 valence electrons. The van der Waals surface area contributed by atoms with Crippen molar-refractivity contribution in [3.8, 4) is 6.07 Å². The SMILES string of the molecule is N#Cc1cc([N+](=O)[O-])cnc1NCCCn1cccn1. The Kier molecular flexibility index (Phi) is 4.24. The third-order valence-corrected chi connectivity index (χ3v) is 2.62. The van der Waals surface area contributed by atoms with E-state index >= 15 is 0 Å². The van der Waals surface area contributed by atoms with E-state index in [1.54, 1.807) is 10.9 Å². The molecule has 2 aromatic heterocycles. The number of hydrogen-bond donors (Lipinski definition) is 1. The Morgan fingerprint density at radius 1 is 1.55 bits per heavy atom. The number of pyridine rings is 1. The van der Waals surface area contributed by atoms with Gasteiger partial charge in [-0.25, -0.2) is 4.98 Å². The summed E-state index contributed by atoms with van der Waals surface area (Å²) in [6.45, 7) is 1.34. The predicted molar refractivity (Wildman–Crippen MR) is 70.9 cm³/mol. The van der Waals surface area contributed by atoms with E-state index in [0.717, 1.165) is 19.2 Å². The van der Waals surface area contributed by atoms with Gasteiger partial charge in [0.2, 0.25) is 0 Å². The summed E-state index contributed by atoms with van der Waals surface area (Å²) in [6.07, 6.45) is 5.51. The largest absolute Gasteiger partial charge is 0.369 e. The lowest BCUT2D eigenvalue weighted by atomic mass is 10.2. The zero-order valence-electron chi connectivity index (χ0n) is 10.6. The molecule has 20 heavy (non-hydrogen) atoms. The number of rotatable bonds is 6. The van der Waals surface area contributed by atoms with Gasteiger partial charge in [-0.15, -0.1) is 0 Å². The number of hydrogen-bond acceptors (Lipinski definition) is 6. The molecule has 1 N–H and O–H groups in total. The van der Waals surface area contributed by atoms with Crippen LogP contribution in [0.5, 0.6) is 0 Å². The van der Waals surface area contributed by atoms with E-state index in [9.17, 15) is 10.1 Å². The number of nitrogens with zero attached hydrogens (tertiary/aromatic N) is 5. The Morgan fingerprint density at radius 3 is 3.05 bits per heavy atom. The van der Waals surface area contributed by atoms with E-state index < -0.39 is 4.92 Å². The van der Waals surface area contributed by atoms with E-state index in [2.05, 4.69) is 15.4 Å². The molecule has 2 rings (SSSR count). The van der Waals surface area contributed by atoms with Gasteiger partial charge in [-0.3, -0.25) is 14.8 Å². The summed E-state index contributed by atoms with van der Waals surface area (Å²) in [5.74, 6) is 0.360. The van der Waals surface area contributed by atoms with Crippen molar-refractivity contribution in [1.29, 1.82) is 5.26 Å². The molecular formula is C12H12N6O2. The second kappa shape index (κ2) is 6.29. The van der Waals surface area contributed by atoms with Crippen molar-refractivity contribution < 1.29 is 4.92 Å². The first-order valence-corrected chi connectivity index (χ1v) is 5.96. The van der Waals surface area contributed by atoms with Crippen LogP contribution in [0.1, 0.15) is 12.0 Å². The predicted octanol–water partition coefficient (Wildman–Crippen LogP) is 1.56. The van der Waals surface area contributed by atoms with Crippen LogP contribution >= 0.6 is 0 Å². The molecule has 0 amide bonds. The second-order valence-electron chi connectivity index (χ2n) is 4.01. The van der Waals surface area contributed by atoms with Crippen molar-refractivity contribution in [1.82, 2.24) is 14.8 Å². The highest BCUT2D eigenvalue weighted by Gasteiger charge is 2.11. The van der Waals surface area contributed by atoms with Crippen LogP contribution in [0.25, 0.3) is 0 Å². The quantitative estimate of drug-likeness (QED) is 0.485. The highest BCUT2D eigenvalue weighted by molar-refractivity contribution is 5.55. The summed E-state index contributed by atoms with van der Waals surface area (Å²) in [6, 6.07) is 4.96. The van der Waals surface area contributed by atoms with E-state index in [4.69, 9.17) is 5.26 Å². The Hall–Kier alpha value is -2.95. The molecule has 8 heteroatoms. The highest BCUT2D eigenvalue weighted by atomic mass is 16.6. The molecule has 0 saturated heterocycles. The summed E-state index contributed by atoms with van der Waals surface area (Å²) < 4.78 is 1.80. The number of nitrogens with one attached hydrogen (secondary N) is 1. The number of anilines is 1. The fourth-order valence-corrected chi connectivity index (χ4v) is 1.66. The number of nitriles is 1. The van der Waals surface area contributed by atoms with Gasteiger partial charge in [0.15, 0.2) is 0 Å². The van der Waals surface area contributed by atoms with E-state index in [-0.39, 0.29) is 11.3 Å². The van der Waals surface area contributed by atoms with Gasteiger partial charge < -0.3 is 5.32 Å². The van der Waals surface area contributed by atoms with Crippen LogP contribution in [-0.2, 0) is 6.54 Å². The van der Waals surface area contributed by atoms with Gasteiger partial charge in [-0.05, 0) is 12.5 Å². The summed E-state index contributed by atoms with van der Waals surface area (Å²) in [7, 11) is 0. The molecule has 0 aliphatic heterocycles. The lowest BCUT2D eigenvalue weighted by Gasteiger charge is -2.07. The fourth-order valence-electron chi connectivity index (χ4n) is 1.66. The summed E-state index contributed by atoms with van der Waals surface area (Å²) in [4.78, 5) is 13.9. The van der Waals surface area contributed by atoms with Gasteiger partial charge in [0.05, 0.1) is 4.92 Å². The molecule has 0 saturated carbocycles. The average Bonchev–Trinajstić information content (AvgIpc) is 2.96.